The zero-order valence-corrected chi connectivity index (χ0v) is 13.9. The summed E-state index contributed by atoms with van der Waals surface area (Å²) in [7, 11) is 0. The summed E-state index contributed by atoms with van der Waals surface area (Å²) in [5.74, 6) is -0.147. The Kier molecular flexibility index (Phi) is 4.69. The number of anilines is 1. The molecule has 0 saturated carbocycles. The van der Waals surface area contributed by atoms with E-state index < -0.39 is 0 Å². The van der Waals surface area contributed by atoms with Gasteiger partial charge in [-0.1, -0.05) is 35.9 Å². The highest BCUT2D eigenvalue weighted by molar-refractivity contribution is 7.13. The number of thiazole rings is 1. The van der Waals surface area contributed by atoms with Gasteiger partial charge in [-0.05, 0) is 25.1 Å². The van der Waals surface area contributed by atoms with Crippen molar-refractivity contribution in [2.24, 2.45) is 0 Å². The highest BCUT2D eigenvalue weighted by Gasteiger charge is 2.09. The minimum absolute atomic E-state index is 0.147. The van der Waals surface area contributed by atoms with E-state index in [1.54, 1.807) is 24.3 Å². The monoisotopic (exact) mass is 333 g/mol. The van der Waals surface area contributed by atoms with Crippen LogP contribution in [0.3, 0.4) is 0 Å². The zero-order chi connectivity index (χ0) is 16.9. The molecule has 118 valence electrons. The second kappa shape index (κ2) is 7.07. The van der Waals surface area contributed by atoms with Crippen molar-refractivity contribution >= 4 is 22.9 Å². The molecule has 0 radical (unpaired) electrons. The molecule has 5 heteroatoms. The summed E-state index contributed by atoms with van der Waals surface area (Å²) in [5.41, 5.74) is 4.13. The van der Waals surface area contributed by atoms with E-state index in [1.165, 1.54) is 16.9 Å². The normalized spacial score (nSPS) is 10.2. The Bertz CT molecular complexity index is 907. The number of nitrogens with one attached hydrogen (secondary N) is 1. The van der Waals surface area contributed by atoms with Gasteiger partial charge in [0, 0.05) is 16.6 Å². The summed E-state index contributed by atoms with van der Waals surface area (Å²) in [6.45, 7) is 2.04. The Balaban J connectivity index is 1.67. The van der Waals surface area contributed by atoms with Crippen LogP contribution in [-0.2, 0) is 11.2 Å². The molecule has 4 nitrogen and oxygen atoms in total. The Morgan fingerprint density at radius 2 is 2.04 bits per heavy atom. The number of amides is 1. The molecule has 1 N–H and O–H groups in total. The molecule has 0 aliphatic heterocycles. The van der Waals surface area contributed by atoms with Gasteiger partial charge >= 0.3 is 0 Å². The summed E-state index contributed by atoms with van der Waals surface area (Å²) < 4.78 is 0. The maximum atomic E-state index is 12.1. The highest BCUT2D eigenvalue weighted by atomic mass is 32.1. The number of hydrogen-bond acceptors (Lipinski definition) is 4. The maximum absolute atomic E-state index is 12.1. The highest BCUT2D eigenvalue weighted by Crippen LogP contribution is 2.24. The van der Waals surface area contributed by atoms with Crippen molar-refractivity contribution in [3.8, 4) is 16.6 Å². The quantitative estimate of drug-likeness (QED) is 0.779. The van der Waals surface area contributed by atoms with Crippen LogP contribution in [0.15, 0.2) is 53.9 Å². The first-order valence-corrected chi connectivity index (χ1v) is 8.33. The molecule has 1 aromatic heterocycles. The minimum atomic E-state index is -0.147. The maximum Gasteiger partial charge on any atom is 0.230 e. The predicted molar refractivity (Wildman–Crippen MR) is 95.8 cm³/mol. The van der Waals surface area contributed by atoms with Crippen molar-refractivity contribution in [3.05, 3.63) is 70.7 Å². The third-order valence-electron chi connectivity index (χ3n) is 3.47. The molecular weight excluding hydrogens is 318 g/mol. The molecular formula is C19H15N3OS. The van der Waals surface area contributed by atoms with Gasteiger partial charge in [0.25, 0.3) is 0 Å². The van der Waals surface area contributed by atoms with Crippen molar-refractivity contribution in [2.75, 3.05) is 5.32 Å². The Hall–Kier alpha value is -2.97. The van der Waals surface area contributed by atoms with Crippen molar-refractivity contribution in [1.29, 1.82) is 5.26 Å². The van der Waals surface area contributed by atoms with Gasteiger partial charge in [0.2, 0.25) is 5.91 Å². The lowest BCUT2D eigenvalue weighted by molar-refractivity contribution is -0.115. The second-order valence-electron chi connectivity index (χ2n) is 5.43. The number of nitriles is 1. The van der Waals surface area contributed by atoms with E-state index in [-0.39, 0.29) is 12.3 Å². The summed E-state index contributed by atoms with van der Waals surface area (Å²) in [6.07, 6.45) is 0.207. The van der Waals surface area contributed by atoms with E-state index in [4.69, 9.17) is 5.26 Å². The fraction of sp³-hybridized carbons (Fsp3) is 0.105. The van der Waals surface area contributed by atoms with E-state index in [1.807, 2.05) is 36.6 Å². The van der Waals surface area contributed by atoms with E-state index in [0.717, 1.165) is 16.3 Å². The van der Waals surface area contributed by atoms with Crippen molar-refractivity contribution in [2.45, 2.75) is 13.3 Å². The molecule has 0 saturated heterocycles. The summed E-state index contributed by atoms with van der Waals surface area (Å²) in [5, 5.41) is 14.5. The van der Waals surface area contributed by atoms with E-state index in [9.17, 15) is 4.79 Å². The molecule has 1 amide bonds. The van der Waals surface area contributed by atoms with Gasteiger partial charge in [-0.3, -0.25) is 4.79 Å². The van der Waals surface area contributed by atoms with Crippen LogP contribution in [0.1, 0.15) is 16.8 Å². The topological polar surface area (TPSA) is 65.8 Å². The predicted octanol–water partition coefficient (Wildman–Crippen LogP) is 4.17. The third kappa shape index (κ3) is 3.86. The van der Waals surface area contributed by atoms with Crippen LogP contribution in [0.25, 0.3) is 10.6 Å². The van der Waals surface area contributed by atoms with Crippen LogP contribution >= 0.6 is 11.3 Å². The first-order valence-electron chi connectivity index (χ1n) is 7.45. The van der Waals surface area contributed by atoms with Crippen LogP contribution in [0.4, 0.5) is 5.69 Å². The lowest BCUT2D eigenvalue weighted by Crippen LogP contribution is -2.14. The summed E-state index contributed by atoms with van der Waals surface area (Å²) in [6, 6.07) is 17.1. The number of carbonyl (C=O) groups excluding carboxylic acids is 1. The first kappa shape index (κ1) is 15.9. The largest absolute Gasteiger partial charge is 0.326 e. The van der Waals surface area contributed by atoms with Gasteiger partial charge in [0.15, 0.2) is 0 Å². The van der Waals surface area contributed by atoms with Gasteiger partial charge in [-0.2, -0.15) is 5.26 Å². The Morgan fingerprint density at radius 3 is 2.79 bits per heavy atom. The molecule has 2 aromatic carbocycles. The number of rotatable bonds is 4. The number of aryl methyl sites for hydroxylation is 1. The zero-order valence-electron chi connectivity index (χ0n) is 13.1. The first-order chi connectivity index (χ1) is 11.6. The number of carbonyl (C=O) groups is 1. The van der Waals surface area contributed by atoms with Crippen molar-refractivity contribution in [3.63, 3.8) is 0 Å². The number of nitrogens with zero attached hydrogens (tertiary/aromatic N) is 2. The standard InChI is InChI=1S/C19H15N3OS/c1-13-5-7-15(8-6-13)19-22-17(12-24-19)10-18(23)21-16-4-2-3-14(9-16)11-20/h2-9,12H,10H2,1H3,(H,21,23). The van der Waals surface area contributed by atoms with Crippen LogP contribution in [-0.4, -0.2) is 10.9 Å². The van der Waals surface area contributed by atoms with Crippen LogP contribution in [0, 0.1) is 18.3 Å². The Labute approximate surface area is 144 Å². The van der Waals surface area contributed by atoms with Crippen molar-refractivity contribution < 1.29 is 4.79 Å². The number of benzene rings is 2. The van der Waals surface area contributed by atoms with Crippen molar-refractivity contribution in [1.82, 2.24) is 4.98 Å². The molecule has 0 bridgehead atoms. The molecule has 0 spiro atoms. The SMILES string of the molecule is Cc1ccc(-c2nc(CC(=O)Nc3cccc(C#N)c3)cs2)cc1. The molecule has 0 aliphatic carbocycles. The average Bonchev–Trinajstić information content (AvgIpc) is 3.04. The average molecular weight is 333 g/mol. The molecule has 24 heavy (non-hydrogen) atoms. The fourth-order valence-electron chi connectivity index (χ4n) is 2.25. The molecule has 0 unspecified atom stereocenters. The van der Waals surface area contributed by atoms with E-state index in [0.29, 0.717) is 11.3 Å². The van der Waals surface area contributed by atoms with Gasteiger partial charge in [0.1, 0.15) is 5.01 Å². The Morgan fingerprint density at radius 1 is 1.25 bits per heavy atom. The summed E-state index contributed by atoms with van der Waals surface area (Å²) in [4.78, 5) is 16.7. The fourth-order valence-corrected chi connectivity index (χ4v) is 3.08. The lowest BCUT2D eigenvalue weighted by Gasteiger charge is -2.04. The molecule has 3 aromatic rings. The number of aromatic nitrogens is 1. The molecule has 0 atom stereocenters. The van der Waals surface area contributed by atoms with E-state index in [2.05, 4.69) is 16.4 Å². The third-order valence-corrected chi connectivity index (χ3v) is 4.41. The van der Waals surface area contributed by atoms with Crippen LogP contribution in [0.5, 0.6) is 0 Å². The molecule has 3 rings (SSSR count). The van der Waals surface area contributed by atoms with E-state index >= 15 is 0 Å². The van der Waals surface area contributed by atoms with Gasteiger partial charge in [0.05, 0.1) is 23.7 Å². The smallest absolute Gasteiger partial charge is 0.230 e. The molecule has 0 fully saturated rings. The van der Waals surface area contributed by atoms with Crippen LogP contribution in [0.2, 0.25) is 0 Å². The lowest BCUT2D eigenvalue weighted by atomic mass is 10.2. The molecule has 1 heterocycles. The van der Waals surface area contributed by atoms with Crippen LogP contribution < -0.4 is 5.32 Å². The second-order valence-corrected chi connectivity index (χ2v) is 6.29. The van der Waals surface area contributed by atoms with Gasteiger partial charge < -0.3 is 5.32 Å². The van der Waals surface area contributed by atoms with Gasteiger partial charge in [-0.25, -0.2) is 4.98 Å². The summed E-state index contributed by atoms with van der Waals surface area (Å²) >= 11 is 1.53. The number of hydrogen-bond donors (Lipinski definition) is 1. The van der Waals surface area contributed by atoms with Gasteiger partial charge in [-0.15, -0.1) is 11.3 Å². The molecule has 0 aliphatic rings. The minimum Gasteiger partial charge on any atom is -0.326 e.